The second-order valence-electron chi connectivity index (χ2n) is 4.46. The molecule has 94 valence electrons. The predicted molar refractivity (Wildman–Crippen MR) is 64.5 cm³/mol. The van der Waals surface area contributed by atoms with E-state index in [4.69, 9.17) is 0 Å². The average molecular weight is 245 g/mol. The molecule has 0 aromatic carbocycles. The second-order valence-corrected chi connectivity index (χ2v) is 4.46. The highest BCUT2D eigenvalue weighted by Gasteiger charge is 2.30. The van der Waals surface area contributed by atoms with Crippen LogP contribution in [0.25, 0.3) is 0 Å². The topological polar surface area (TPSA) is 66.8 Å². The molecule has 1 N–H and O–H groups in total. The summed E-state index contributed by atoms with van der Waals surface area (Å²) in [7, 11) is 0. The standard InChI is InChI=1S/C12H15N5O/c18-12(9-16-7-2-5-14-16)17-8-1-3-11(17)10-4-6-13-15-10/h2,4-7,11H,1,3,8-9H2,(H,13,15). The summed E-state index contributed by atoms with van der Waals surface area (Å²) in [4.78, 5) is 14.2. The van der Waals surface area contributed by atoms with Gasteiger partial charge in [-0.05, 0) is 25.0 Å². The van der Waals surface area contributed by atoms with E-state index in [0.29, 0.717) is 6.54 Å². The largest absolute Gasteiger partial charge is 0.333 e. The highest BCUT2D eigenvalue weighted by atomic mass is 16.2. The van der Waals surface area contributed by atoms with Crippen molar-refractivity contribution in [3.63, 3.8) is 0 Å². The molecule has 18 heavy (non-hydrogen) atoms. The quantitative estimate of drug-likeness (QED) is 0.876. The molecule has 2 aromatic heterocycles. The Morgan fingerprint density at radius 1 is 1.50 bits per heavy atom. The van der Waals surface area contributed by atoms with E-state index in [1.165, 1.54) is 0 Å². The molecule has 1 aliphatic heterocycles. The summed E-state index contributed by atoms with van der Waals surface area (Å²) in [6.45, 7) is 1.11. The van der Waals surface area contributed by atoms with E-state index in [-0.39, 0.29) is 11.9 Å². The van der Waals surface area contributed by atoms with E-state index in [9.17, 15) is 4.79 Å². The fraction of sp³-hybridized carbons (Fsp3) is 0.417. The summed E-state index contributed by atoms with van der Waals surface area (Å²) in [5.41, 5.74) is 1.02. The molecule has 0 saturated carbocycles. The molecule has 3 rings (SSSR count). The van der Waals surface area contributed by atoms with Gasteiger partial charge in [-0.2, -0.15) is 10.2 Å². The zero-order chi connectivity index (χ0) is 12.4. The molecular formula is C12H15N5O. The van der Waals surface area contributed by atoms with Crippen molar-refractivity contribution in [1.82, 2.24) is 24.9 Å². The molecule has 0 spiro atoms. The monoisotopic (exact) mass is 245 g/mol. The summed E-state index contributed by atoms with van der Waals surface area (Å²) in [5.74, 6) is 0.107. The van der Waals surface area contributed by atoms with Gasteiger partial charge in [0.05, 0.1) is 11.7 Å². The van der Waals surface area contributed by atoms with Crippen molar-refractivity contribution in [2.24, 2.45) is 0 Å². The van der Waals surface area contributed by atoms with Crippen LogP contribution in [0.5, 0.6) is 0 Å². The Bertz CT molecular complexity index is 505. The van der Waals surface area contributed by atoms with E-state index in [1.807, 2.05) is 17.0 Å². The number of rotatable bonds is 3. The van der Waals surface area contributed by atoms with Crippen LogP contribution in [0, 0.1) is 0 Å². The van der Waals surface area contributed by atoms with E-state index in [2.05, 4.69) is 15.3 Å². The van der Waals surface area contributed by atoms with E-state index in [0.717, 1.165) is 25.1 Å². The number of aromatic nitrogens is 4. The molecule has 1 saturated heterocycles. The zero-order valence-electron chi connectivity index (χ0n) is 9.99. The molecular weight excluding hydrogens is 230 g/mol. The van der Waals surface area contributed by atoms with Crippen molar-refractivity contribution >= 4 is 5.91 Å². The Balaban J connectivity index is 1.73. The van der Waals surface area contributed by atoms with Crippen LogP contribution >= 0.6 is 0 Å². The Labute approximate surface area is 105 Å². The first-order valence-electron chi connectivity index (χ1n) is 6.11. The highest BCUT2D eigenvalue weighted by molar-refractivity contribution is 5.76. The molecule has 6 nitrogen and oxygen atoms in total. The van der Waals surface area contributed by atoms with E-state index >= 15 is 0 Å². The van der Waals surface area contributed by atoms with Crippen LogP contribution < -0.4 is 0 Å². The van der Waals surface area contributed by atoms with Gasteiger partial charge >= 0.3 is 0 Å². The summed E-state index contributed by atoms with van der Waals surface area (Å²) in [5, 5.41) is 11.0. The Kier molecular flexibility index (Phi) is 2.84. The lowest BCUT2D eigenvalue weighted by Crippen LogP contribution is -2.33. The SMILES string of the molecule is O=C(Cn1cccn1)N1CCCC1c1ccn[nH]1. The van der Waals surface area contributed by atoms with Crippen LogP contribution in [-0.4, -0.2) is 37.3 Å². The van der Waals surface area contributed by atoms with Crippen LogP contribution in [0.2, 0.25) is 0 Å². The minimum Gasteiger partial charge on any atom is -0.333 e. The van der Waals surface area contributed by atoms with Crippen molar-refractivity contribution in [3.05, 3.63) is 36.4 Å². The maximum absolute atomic E-state index is 12.2. The smallest absolute Gasteiger partial charge is 0.244 e. The molecule has 2 aromatic rings. The molecule has 1 fully saturated rings. The van der Waals surface area contributed by atoms with Gasteiger partial charge in [-0.1, -0.05) is 0 Å². The van der Waals surface area contributed by atoms with Crippen molar-refractivity contribution < 1.29 is 4.79 Å². The number of carbonyl (C=O) groups excluding carboxylic acids is 1. The van der Waals surface area contributed by atoms with Crippen LogP contribution in [0.15, 0.2) is 30.7 Å². The lowest BCUT2D eigenvalue weighted by Gasteiger charge is -2.23. The van der Waals surface area contributed by atoms with Gasteiger partial charge in [-0.25, -0.2) is 0 Å². The van der Waals surface area contributed by atoms with Gasteiger partial charge in [-0.3, -0.25) is 14.6 Å². The number of carbonyl (C=O) groups is 1. The van der Waals surface area contributed by atoms with Gasteiger partial charge in [0.2, 0.25) is 5.91 Å². The minimum absolute atomic E-state index is 0.107. The number of amides is 1. The van der Waals surface area contributed by atoms with Gasteiger partial charge in [0.25, 0.3) is 0 Å². The molecule has 1 aliphatic rings. The van der Waals surface area contributed by atoms with Crippen molar-refractivity contribution in [2.45, 2.75) is 25.4 Å². The Morgan fingerprint density at radius 3 is 3.17 bits per heavy atom. The number of hydrogen-bond acceptors (Lipinski definition) is 3. The van der Waals surface area contributed by atoms with Gasteiger partial charge in [0, 0.05) is 25.1 Å². The van der Waals surface area contributed by atoms with E-state index < -0.39 is 0 Å². The average Bonchev–Trinajstić information content (AvgIpc) is 3.11. The number of likely N-dealkylation sites (tertiary alicyclic amines) is 1. The van der Waals surface area contributed by atoms with Crippen LogP contribution in [0.1, 0.15) is 24.6 Å². The molecule has 3 heterocycles. The van der Waals surface area contributed by atoms with Gasteiger partial charge in [0.15, 0.2) is 0 Å². The Hall–Kier alpha value is -2.11. The molecule has 1 unspecified atom stereocenters. The first kappa shape index (κ1) is 11.0. The van der Waals surface area contributed by atoms with Crippen LogP contribution in [0.4, 0.5) is 0 Å². The van der Waals surface area contributed by atoms with E-state index in [1.54, 1.807) is 23.3 Å². The van der Waals surface area contributed by atoms with Crippen molar-refractivity contribution in [2.75, 3.05) is 6.54 Å². The van der Waals surface area contributed by atoms with Crippen LogP contribution in [0.3, 0.4) is 0 Å². The summed E-state index contributed by atoms with van der Waals surface area (Å²) < 4.78 is 1.66. The third-order valence-corrected chi connectivity index (χ3v) is 3.31. The molecule has 6 heteroatoms. The maximum atomic E-state index is 12.2. The lowest BCUT2D eigenvalue weighted by atomic mass is 10.1. The summed E-state index contributed by atoms with van der Waals surface area (Å²) >= 11 is 0. The van der Waals surface area contributed by atoms with Crippen molar-refractivity contribution in [1.29, 1.82) is 0 Å². The molecule has 0 radical (unpaired) electrons. The molecule has 1 amide bonds. The highest BCUT2D eigenvalue weighted by Crippen LogP contribution is 2.30. The molecule has 1 atom stereocenters. The number of aromatic amines is 1. The summed E-state index contributed by atoms with van der Waals surface area (Å²) in [6.07, 6.45) is 7.24. The zero-order valence-corrected chi connectivity index (χ0v) is 9.99. The fourth-order valence-electron chi connectivity index (χ4n) is 2.46. The van der Waals surface area contributed by atoms with Gasteiger partial charge in [0.1, 0.15) is 6.54 Å². The maximum Gasteiger partial charge on any atom is 0.244 e. The predicted octanol–water partition coefficient (Wildman–Crippen LogP) is 0.970. The van der Waals surface area contributed by atoms with Crippen molar-refractivity contribution in [3.8, 4) is 0 Å². The number of hydrogen-bond donors (Lipinski definition) is 1. The third-order valence-electron chi connectivity index (χ3n) is 3.31. The molecule has 0 aliphatic carbocycles. The lowest BCUT2D eigenvalue weighted by molar-refractivity contribution is -0.133. The first-order valence-corrected chi connectivity index (χ1v) is 6.11. The second kappa shape index (κ2) is 4.64. The normalized spacial score (nSPS) is 19.3. The summed E-state index contributed by atoms with van der Waals surface area (Å²) in [6, 6.07) is 3.89. The first-order chi connectivity index (χ1) is 8.84. The molecule has 0 bridgehead atoms. The minimum atomic E-state index is 0.107. The van der Waals surface area contributed by atoms with Crippen LogP contribution in [-0.2, 0) is 11.3 Å². The van der Waals surface area contributed by atoms with Gasteiger partial charge in [-0.15, -0.1) is 0 Å². The number of nitrogens with one attached hydrogen (secondary N) is 1. The fourth-order valence-corrected chi connectivity index (χ4v) is 2.46. The third kappa shape index (κ3) is 2.01. The Morgan fingerprint density at radius 2 is 2.44 bits per heavy atom. The number of H-pyrrole nitrogens is 1. The van der Waals surface area contributed by atoms with Gasteiger partial charge < -0.3 is 4.90 Å². The number of nitrogens with zero attached hydrogens (tertiary/aromatic N) is 4.